The quantitative estimate of drug-likeness (QED) is 0.650. The van der Waals surface area contributed by atoms with E-state index in [0.717, 1.165) is 43.5 Å². The molecule has 3 aliphatic rings. The maximum Gasteiger partial charge on any atom is 0.255 e. The van der Waals surface area contributed by atoms with E-state index in [4.69, 9.17) is 4.74 Å². The molecule has 1 saturated carbocycles. The molecular weight excluding hydrogens is 452 g/mol. The van der Waals surface area contributed by atoms with Gasteiger partial charge in [0.15, 0.2) is 0 Å². The number of anilines is 2. The first-order valence-electron chi connectivity index (χ1n) is 12.1. The summed E-state index contributed by atoms with van der Waals surface area (Å²) in [7, 11) is -3.58. The van der Waals surface area contributed by atoms with Crippen molar-refractivity contribution < 1.29 is 17.9 Å². The van der Waals surface area contributed by atoms with Gasteiger partial charge in [-0.3, -0.25) is 9.69 Å². The van der Waals surface area contributed by atoms with Gasteiger partial charge < -0.3 is 15.0 Å². The molecule has 0 unspecified atom stereocenters. The van der Waals surface area contributed by atoms with Crippen LogP contribution < -0.4 is 10.2 Å². The third-order valence-electron chi connectivity index (χ3n) is 6.78. The Kier molecular flexibility index (Phi) is 6.87. The van der Waals surface area contributed by atoms with Crippen LogP contribution >= 0.6 is 0 Å². The molecule has 0 radical (unpaired) electrons. The lowest BCUT2D eigenvalue weighted by molar-refractivity contribution is 0.0730. The highest BCUT2D eigenvalue weighted by Crippen LogP contribution is 2.30. The van der Waals surface area contributed by atoms with E-state index in [2.05, 4.69) is 21.2 Å². The molecule has 2 heterocycles. The van der Waals surface area contributed by atoms with E-state index >= 15 is 0 Å². The van der Waals surface area contributed by atoms with Gasteiger partial charge in [0.05, 0.1) is 18.1 Å². The largest absolute Gasteiger partial charge is 0.379 e. The number of carbonyl (C=O) groups is 1. The van der Waals surface area contributed by atoms with E-state index in [-0.39, 0.29) is 10.8 Å². The number of hydrogen-bond donors (Lipinski definition) is 1. The Morgan fingerprint density at radius 3 is 2.32 bits per heavy atom. The number of ether oxygens (including phenoxy) is 1. The molecule has 1 aliphatic carbocycles. The fourth-order valence-corrected chi connectivity index (χ4v) is 5.96. The van der Waals surface area contributed by atoms with Gasteiger partial charge in [-0.1, -0.05) is 6.07 Å². The second-order valence-electron chi connectivity index (χ2n) is 9.28. The van der Waals surface area contributed by atoms with Crippen molar-refractivity contribution in [3.63, 3.8) is 0 Å². The van der Waals surface area contributed by atoms with E-state index < -0.39 is 10.0 Å². The van der Waals surface area contributed by atoms with Crippen molar-refractivity contribution in [3.05, 3.63) is 54.1 Å². The smallest absolute Gasteiger partial charge is 0.255 e. The number of nitrogens with zero attached hydrogens (tertiary/aromatic N) is 3. The predicted octanol–water partition coefficient (Wildman–Crippen LogP) is 2.49. The summed E-state index contributed by atoms with van der Waals surface area (Å²) in [5, 5.41) is 2.95. The van der Waals surface area contributed by atoms with Crippen molar-refractivity contribution in [1.82, 2.24) is 9.21 Å². The lowest BCUT2D eigenvalue weighted by atomic mass is 10.2. The Labute approximate surface area is 201 Å². The molecule has 3 fully saturated rings. The molecule has 0 aromatic heterocycles. The van der Waals surface area contributed by atoms with Crippen LogP contribution in [0.1, 0.15) is 23.2 Å². The second kappa shape index (κ2) is 10.0. The molecule has 1 N–H and O–H groups in total. The zero-order valence-electron chi connectivity index (χ0n) is 19.4. The Hall–Kier alpha value is -2.46. The van der Waals surface area contributed by atoms with Crippen molar-refractivity contribution in [1.29, 1.82) is 0 Å². The van der Waals surface area contributed by atoms with E-state index in [1.165, 1.54) is 35.8 Å². The second-order valence-corrected chi connectivity index (χ2v) is 11.2. The standard InChI is InChI=1S/C25H32N4O4S/c30-25(21-6-8-24(9-7-21)34(31,32)29-14-16-33-17-15-29)26-22-2-1-3-23(18-22)28-12-10-27(11-13-28)19-20-4-5-20/h1-3,6-9,18,20H,4-5,10-17,19H2,(H,26,30). The molecule has 1 amide bonds. The summed E-state index contributed by atoms with van der Waals surface area (Å²) in [4.78, 5) is 17.9. The highest BCUT2D eigenvalue weighted by atomic mass is 32.2. The molecule has 0 atom stereocenters. The third-order valence-corrected chi connectivity index (χ3v) is 8.69. The molecule has 34 heavy (non-hydrogen) atoms. The number of benzene rings is 2. The summed E-state index contributed by atoms with van der Waals surface area (Å²) >= 11 is 0. The monoisotopic (exact) mass is 484 g/mol. The van der Waals surface area contributed by atoms with Crippen LogP contribution in [0.15, 0.2) is 53.4 Å². The summed E-state index contributed by atoms with van der Waals surface area (Å²) in [6.07, 6.45) is 2.77. The topological polar surface area (TPSA) is 82.2 Å². The molecule has 2 saturated heterocycles. The zero-order chi connectivity index (χ0) is 23.5. The third kappa shape index (κ3) is 5.43. The fourth-order valence-electron chi connectivity index (χ4n) is 4.55. The van der Waals surface area contributed by atoms with Gasteiger partial charge in [0, 0.05) is 62.8 Å². The van der Waals surface area contributed by atoms with Crippen molar-refractivity contribution >= 4 is 27.3 Å². The number of piperazine rings is 1. The number of sulfonamides is 1. The average molecular weight is 485 g/mol. The molecule has 2 aliphatic heterocycles. The first-order chi connectivity index (χ1) is 16.5. The highest BCUT2D eigenvalue weighted by Gasteiger charge is 2.27. The maximum atomic E-state index is 12.8. The van der Waals surface area contributed by atoms with Gasteiger partial charge in [0.1, 0.15) is 0 Å². The van der Waals surface area contributed by atoms with E-state index in [0.29, 0.717) is 31.9 Å². The van der Waals surface area contributed by atoms with Crippen LogP contribution in [0, 0.1) is 5.92 Å². The number of hydrogen-bond acceptors (Lipinski definition) is 6. The zero-order valence-corrected chi connectivity index (χ0v) is 20.2. The Bertz CT molecular complexity index is 1100. The number of carbonyl (C=O) groups excluding carboxylic acids is 1. The lowest BCUT2D eigenvalue weighted by Crippen LogP contribution is -2.47. The Morgan fingerprint density at radius 2 is 1.65 bits per heavy atom. The van der Waals surface area contributed by atoms with Gasteiger partial charge in [-0.15, -0.1) is 0 Å². The van der Waals surface area contributed by atoms with Crippen molar-refractivity contribution in [2.45, 2.75) is 17.7 Å². The molecule has 9 heteroatoms. The van der Waals surface area contributed by atoms with Crippen molar-refractivity contribution in [2.24, 2.45) is 5.92 Å². The predicted molar refractivity (Wildman–Crippen MR) is 132 cm³/mol. The van der Waals surface area contributed by atoms with Gasteiger partial charge in [-0.2, -0.15) is 4.31 Å². The molecule has 5 rings (SSSR count). The summed E-state index contributed by atoms with van der Waals surface area (Å²) in [5.41, 5.74) is 2.25. The minimum absolute atomic E-state index is 0.189. The van der Waals surface area contributed by atoms with E-state index in [1.807, 2.05) is 18.2 Å². The molecule has 2 aromatic rings. The first kappa shape index (κ1) is 23.3. The van der Waals surface area contributed by atoms with Crippen LogP contribution in [-0.2, 0) is 14.8 Å². The number of rotatable bonds is 7. The number of nitrogens with one attached hydrogen (secondary N) is 1. The van der Waals surface area contributed by atoms with Crippen LogP contribution in [-0.4, -0.2) is 82.6 Å². The summed E-state index contributed by atoms with van der Waals surface area (Å²) in [6.45, 7) is 6.85. The van der Waals surface area contributed by atoms with E-state index in [9.17, 15) is 13.2 Å². The summed E-state index contributed by atoms with van der Waals surface area (Å²) < 4.78 is 32.2. The fraction of sp³-hybridized carbons (Fsp3) is 0.480. The maximum absolute atomic E-state index is 12.8. The molecular formula is C25H32N4O4S. The van der Waals surface area contributed by atoms with E-state index in [1.54, 1.807) is 12.1 Å². The molecule has 0 bridgehead atoms. The van der Waals surface area contributed by atoms with Gasteiger partial charge >= 0.3 is 0 Å². The minimum Gasteiger partial charge on any atom is -0.379 e. The van der Waals surface area contributed by atoms with Crippen LogP contribution in [0.2, 0.25) is 0 Å². The van der Waals surface area contributed by atoms with Gasteiger partial charge in [0.25, 0.3) is 5.91 Å². The lowest BCUT2D eigenvalue weighted by Gasteiger charge is -2.36. The molecule has 0 spiro atoms. The molecule has 182 valence electrons. The molecule has 8 nitrogen and oxygen atoms in total. The summed E-state index contributed by atoms with van der Waals surface area (Å²) in [6, 6.07) is 14.0. The number of amides is 1. The van der Waals surface area contributed by atoms with Crippen molar-refractivity contribution in [3.8, 4) is 0 Å². The van der Waals surface area contributed by atoms with Crippen LogP contribution in [0.4, 0.5) is 11.4 Å². The Morgan fingerprint density at radius 1 is 0.941 bits per heavy atom. The first-order valence-corrected chi connectivity index (χ1v) is 13.5. The molecule has 2 aromatic carbocycles. The van der Waals surface area contributed by atoms with Crippen LogP contribution in [0.3, 0.4) is 0 Å². The SMILES string of the molecule is O=C(Nc1cccc(N2CCN(CC3CC3)CC2)c1)c1ccc(S(=O)(=O)N2CCOCC2)cc1. The average Bonchev–Trinajstić information content (AvgIpc) is 3.69. The van der Waals surface area contributed by atoms with Crippen LogP contribution in [0.25, 0.3) is 0 Å². The minimum atomic E-state index is -3.58. The highest BCUT2D eigenvalue weighted by molar-refractivity contribution is 7.89. The normalized spacial score (nSPS) is 20.3. The van der Waals surface area contributed by atoms with Crippen LogP contribution in [0.5, 0.6) is 0 Å². The van der Waals surface area contributed by atoms with Gasteiger partial charge in [0.2, 0.25) is 10.0 Å². The van der Waals surface area contributed by atoms with Gasteiger partial charge in [-0.05, 0) is 61.2 Å². The summed E-state index contributed by atoms with van der Waals surface area (Å²) in [5.74, 6) is 0.653. The number of morpholine rings is 1. The van der Waals surface area contributed by atoms with Crippen molar-refractivity contribution in [2.75, 3.05) is 69.2 Å². The Balaban J connectivity index is 1.20. The van der Waals surface area contributed by atoms with Gasteiger partial charge in [-0.25, -0.2) is 8.42 Å².